The maximum absolute atomic E-state index is 11.6. The van der Waals surface area contributed by atoms with Gasteiger partial charge in [0.1, 0.15) is 5.60 Å². The Bertz CT molecular complexity index is 236. The summed E-state index contributed by atoms with van der Waals surface area (Å²) in [5.74, 6) is 0.257. The fourth-order valence-electron chi connectivity index (χ4n) is 1.65. The zero-order valence-corrected chi connectivity index (χ0v) is 11.5. The lowest BCUT2D eigenvalue weighted by Crippen LogP contribution is -2.57. The second kappa shape index (κ2) is 5.04. The highest BCUT2D eigenvalue weighted by Crippen LogP contribution is 2.15. The van der Waals surface area contributed by atoms with E-state index in [4.69, 9.17) is 10.5 Å². The van der Waals surface area contributed by atoms with Gasteiger partial charge in [-0.1, -0.05) is 13.8 Å². The molecule has 0 spiro atoms. The third-order valence-corrected chi connectivity index (χ3v) is 2.14. The van der Waals surface area contributed by atoms with Gasteiger partial charge in [0.25, 0.3) is 0 Å². The molecule has 16 heavy (non-hydrogen) atoms. The summed E-state index contributed by atoms with van der Waals surface area (Å²) in [5, 5.41) is 2.83. The van der Waals surface area contributed by atoms with Crippen molar-refractivity contribution in [3.63, 3.8) is 0 Å². The van der Waals surface area contributed by atoms with E-state index in [9.17, 15) is 4.79 Å². The second-order valence-electron chi connectivity index (χ2n) is 6.19. The molecule has 0 aliphatic heterocycles. The molecule has 1 unspecified atom stereocenters. The number of ether oxygens (including phenoxy) is 1. The number of nitrogens with one attached hydrogen (secondary N) is 1. The molecule has 3 N–H and O–H groups in total. The van der Waals surface area contributed by atoms with Crippen molar-refractivity contribution in [2.75, 3.05) is 0 Å². The SMILES string of the molecule is CC(C)C(NC(=O)OC(C)(C)C)C(C)(C)N. The first-order valence-corrected chi connectivity index (χ1v) is 5.72. The summed E-state index contributed by atoms with van der Waals surface area (Å²) in [6.07, 6.45) is -0.412. The molecule has 0 aromatic heterocycles. The zero-order valence-electron chi connectivity index (χ0n) is 11.5. The Hall–Kier alpha value is -0.770. The van der Waals surface area contributed by atoms with E-state index >= 15 is 0 Å². The third-order valence-electron chi connectivity index (χ3n) is 2.14. The number of amides is 1. The van der Waals surface area contributed by atoms with Crippen molar-refractivity contribution in [3.05, 3.63) is 0 Å². The van der Waals surface area contributed by atoms with Crippen molar-refractivity contribution in [3.8, 4) is 0 Å². The highest BCUT2D eigenvalue weighted by Gasteiger charge is 2.30. The molecular weight excluding hydrogens is 204 g/mol. The van der Waals surface area contributed by atoms with Crippen LogP contribution in [0.15, 0.2) is 0 Å². The van der Waals surface area contributed by atoms with E-state index in [0.717, 1.165) is 0 Å². The normalized spacial score (nSPS) is 14.8. The van der Waals surface area contributed by atoms with Crippen molar-refractivity contribution in [2.45, 2.75) is 65.6 Å². The van der Waals surface area contributed by atoms with Crippen LogP contribution in [0.1, 0.15) is 48.5 Å². The largest absolute Gasteiger partial charge is 0.444 e. The van der Waals surface area contributed by atoms with Gasteiger partial charge < -0.3 is 15.8 Å². The van der Waals surface area contributed by atoms with Gasteiger partial charge >= 0.3 is 6.09 Å². The molecule has 0 radical (unpaired) electrons. The van der Waals surface area contributed by atoms with Gasteiger partial charge in [0.15, 0.2) is 0 Å². The average molecular weight is 230 g/mol. The summed E-state index contributed by atoms with van der Waals surface area (Å²) in [4.78, 5) is 11.6. The lowest BCUT2D eigenvalue weighted by Gasteiger charge is -2.35. The zero-order chi connectivity index (χ0) is 13.1. The van der Waals surface area contributed by atoms with Crippen LogP contribution in [0.5, 0.6) is 0 Å². The summed E-state index contributed by atoms with van der Waals surface area (Å²) >= 11 is 0. The van der Waals surface area contributed by atoms with Crippen LogP contribution >= 0.6 is 0 Å². The standard InChI is InChI=1S/C12H26N2O2/c1-8(2)9(12(6,7)13)14-10(15)16-11(3,4)5/h8-9H,13H2,1-7H3,(H,14,15). The molecule has 0 aromatic rings. The lowest BCUT2D eigenvalue weighted by molar-refractivity contribution is 0.0462. The van der Waals surface area contributed by atoms with E-state index < -0.39 is 17.2 Å². The van der Waals surface area contributed by atoms with Crippen LogP contribution in [0.4, 0.5) is 4.79 Å². The smallest absolute Gasteiger partial charge is 0.407 e. The Kier molecular flexibility index (Phi) is 4.80. The molecule has 0 aromatic carbocycles. The monoisotopic (exact) mass is 230 g/mol. The third kappa shape index (κ3) is 5.95. The topological polar surface area (TPSA) is 64.3 Å². The van der Waals surface area contributed by atoms with Crippen molar-refractivity contribution >= 4 is 6.09 Å². The molecule has 0 aliphatic rings. The second-order valence-corrected chi connectivity index (χ2v) is 6.19. The van der Waals surface area contributed by atoms with Gasteiger partial charge in [0, 0.05) is 5.54 Å². The first-order chi connectivity index (χ1) is 6.93. The van der Waals surface area contributed by atoms with Gasteiger partial charge in [-0.25, -0.2) is 4.79 Å². The van der Waals surface area contributed by atoms with Crippen molar-refractivity contribution in [2.24, 2.45) is 11.7 Å². The molecule has 0 saturated carbocycles. The van der Waals surface area contributed by atoms with Gasteiger partial charge in [0.2, 0.25) is 0 Å². The fraction of sp³-hybridized carbons (Fsp3) is 0.917. The first kappa shape index (κ1) is 15.2. The predicted molar refractivity (Wildman–Crippen MR) is 66.3 cm³/mol. The van der Waals surface area contributed by atoms with Crippen molar-refractivity contribution in [1.29, 1.82) is 0 Å². The van der Waals surface area contributed by atoms with Crippen molar-refractivity contribution < 1.29 is 9.53 Å². The highest BCUT2D eigenvalue weighted by molar-refractivity contribution is 5.68. The molecule has 0 heterocycles. The molecule has 1 atom stereocenters. The van der Waals surface area contributed by atoms with Crippen LogP contribution in [-0.2, 0) is 4.74 Å². The molecule has 0 saturated heterocycles. The number of hydrogen-bond acceptors (Lipinski definition) is 3. The van der Waals surface area contributed by atoms with E-state index in [-0.39, 0.29) is 12.0 Å². The predicted octanol–water partition coefficient (Wildman–Crippen LogP) is 2.27. The average Bonchev–Trinajstić information content (AvgIpc) is 1.93. The molecule has 4 heteroatoms. The molecule has 0 aliphatic carbocycles. The van der Waals surface area contributed by atoms with Crippen LogP contribution in [0.3, 0.4) is 0 Å². The number of nitrogens with two attached hydrogens (primary N) is 1. The number of hydrogen-bond donors (Lipinski definition) is 2. The van der Waals surface area contributed by atoms with Crippen LogP contribution < -0.4 is 11.1 Å². The van der Waals surface area contributed by atoms with Crippen LogP contribution in [0.25, 0.3) is 0 Å². The minimum absolute atomic E-state index is 0.109. The van der Waals surface area contributed by atoms with Crippen LogP contribution in [0, 0.1) is 5.92 Å². The van der Waals surface area contributed by atoms with Crippen molar-refractivity contribution in [1.82, 2.24) is 5.32 Å². The quantitative estimate of drug-likeness (QED) is 0.781. The minimum Gasteiger partial charge on any atom is -0.444 e. The van der Waals surface area contributed by atoms with E-state index in [2.05, 4.69) is 5.32 Å². The Morgan fingerprint density at radius 3 is 1.88 bits per heavy atom. The summed E-state index contributed by atoms with van der Waals surface area (Å²) < 4.78 is 5.21. The Balaban J connectivity index is 4.49. The van der Waals surface area contributed by atoms with Gasteiger partial charge in [-0.2, -0.15) is 0 Å². The fourth-order valence-corrected chi connectivity index (χ4v) is 1.65. The highest BCUT2D eigenvalue weighted by atomic mass is 16.6. The van der Waals surface area contributed by atoms with E-state index in [1.807, 2.05) is 48.5 Å². The number of rotatable bonds is 3. The lowest BCUT2D eigenvalue weighted by atomic mass is 9.87. The Morgan fingerprint density at radius 1 is 1.19 bits per heavy atom. The van der Waals surface area contributed by atoms with Gasteiger partial charge in [-0.3, -0.25) is 0 Å². The molecular formula is C12H26N2O2. The molecule has 4 nitrogen and oxygen atoms in total. The molecule has 0 fully saturated rings. The van der Waals surface area contributed by atoms with Gasteiger partial charge in [-0.15, -0.1) is 0 Å². The molecule has 0 rings (SSSR count). The van der Waals surface area contributed by atoms with Gasteiger partial charge in [-0.05, 0) is 40.5 Å². The van der Waals surface area contributed by atoms with E-state index in [0.29, 0.717) is 0 Å². The maximum atomic E-state index is 11.6. The summed E-state index contributed by atoms with van der Waals surface area (Å²) in [7, 11) is 0. The summed E-state index contributed by atoms with van der Waals surface area (Å²) in [5.41, 5.74) is 5.07. The Labute approximate surface area is 98.9 Å². The van der Waals surface area contributed by atoms with E-state index in [1.165, 1.54) is 0 Å². The summed E-state index contributed by atoms with van der Waals surface area (Å²) in [6, 6.07) is -0.109. The number of alkyl carbamates (subject to hydrolysis) is 1. The number of carbonyl (C=O) groups excluding carboxylic acids is 1. The molecule has 1 amide bonds. The maximum Gasteiger partial charge on any atom is 0.407 e. The summed E-state index contributed by atoms with van der Waals surface area (Å²) in [6.45, 7) is 13.4. The first-order valence-electron chi connectivity index (χ1n) is 5.72. The van der Waals surface area contributed by atoms with E-state index in [1.54, 1.807) is 0 Å². The Morgan fingerprint density at radius 2 is 1.62 bits per heavy atom. The molecule has 96 valence electrons. The van der Waals surface area contributed by atoms with Gasteiger partial charge in [0.05, 0.1) is 6.04 Å². The minimum atomic E-state index is -0.482. The number of carbonyl (C=O) groups is 1. The van der Waals surface area contributed by atoms with Crippen LogP contribution in [-0.4, -0.2) is 23.3 Å². The molecule has 0 bridgehead atoms. The van der Waals surface area contributed by atoms with Crippen LogP contribution in [0.2, 0.25) is 0 Å².